The number of rotatable bonds is 8. The molecule has 0 spiro atoms. The molecule has 146 valence electrons. The fraction of sp³-hybridized carbons (Fsp3) is 0.222. The number of aromatic amines is 1. The van der Waals surface area contributed by atoms with E-state index in [1.165, 1.54) is 12.1 Å². The van der Waals surface area contributed by atoms with E-state index in [1.807, 2.05) is 6.07 Å². The van der Waals surface area contributed by atoms with Crippen LogP contribution in [0.5, 0.6) is 17.2 Å². The summed E-state index contributed by atoms with van der Waals surface area (Å²) in [6.07, 6.45) is 0. The van der Waals surface area contributed by atoms with E-state index in [0.717, 1.165) is 5.56 Å². The molecule has 10 heteroatoms. The number of nitro groups is 1. The molecule has 28 heavy (non-hydrogen) atoms. The highest BCUT2D eigenvalue weighted by molar-refractivity contribution is 5.44. The highest BCUT2D eigenvalue weighted by Gasteiger charge is 2.17. The molecule has 0 saturated carbocycles. The summed E-state index contributed by atoms with van der Waals surface area (Å²) in [5.74, 6) is 2.33. The number of methoxy groups -OCH3 is 2. The van der Waals surface area contributed by atoms with E-state index in [9.17, 15) is 10.1 Å². The normalized spacial score (nSPS) is 11.7. The van der Waals surface area contributed by atoms with Crippen LogP contribution < -0.4 is 19.9 Å². The molecule has 3 aromatic rings. The number of non-ortho nitro benzene ring substituents is 1. The van der Waals surface area contributed by atoms with Gasteiger partial charge in [-0.15, -0.1) is 0 Å². The van der Waals surface area contributed by atoms with Crippen molar-refractivity contribution in [2.24, 2.45) is 5.73 Å². The fourth-order valence-corrected chi connectivity index (χ4v) is 2.55. The van der Waals surface area contributed by atoms with Crippen molar-refractivity contribution < 1.29 is 19.1 Å². The summed E-state index contributed by atoms with van der Waals surface area (Å²) in [5.41, 5.74) is 6.95. The Morgan fingerprint density at radius 2 is 1.96 bits per heavy atom. The average molecular weight is 385 g/mol. The molecule has 10 nitrogen and oxygen atoms in total. The van der Waals surface area contributed by atoms with Gasteiger partial charge in [0.25, 0.3) is 5.69 Å². The first-order chi connectivity index (χ1) is 13.5. The van der Waals surface area contributed by atoms with Gasteiger partial charge in [-0.05, 0) is 23.8 Å². The van der Waals surface area contributed by atoms with E-state index in [2.05, 4.69) is 15.2 Å². The van der Waals surface area contributed by atoms with Gasteiger partial charge in [0.2, 0.25) is 0 Å². The molecule has 0 aliphatic carbocycles. The SMILES string of the molecule is COc1ccc([C@@H](N)c2n[nH]c(COc3cccc([N+](=O)[O-])c3)n2)cc1OC. The van der Waals surface area contributed by atoms with Gasteiger partial charge in [-0.1, -0.05) is 12.1 Å². The number of H-pyrrole nitrogens is 1. The van der Waals surface area contributed by atoms with Crippen LogP contribution in [-0.4, -0.2) is 34.3 Å². The number of nitrogens with two attached hydrogens (primary N) is 1. The predicted octanol–water partition coefficient (Wildman–Crippen LogP) is 2.36. The third-order valence-corrected chi connectivity index (χ3v) is 4.00. The van der Waals surface area contributed by atoms with E-state index < -0.39 is 11.0 Å². The van der Waals surface area contributed by atoms with Crippen molar-refractivity contribution in [2.45, 2.75) is 12.6 Å². The standard InChI is InChI=1S/C18H19N5O5/c1-26-14-7-6-11(8-15(14)27-2)17(19)18-20-16(21-22-18)10-28-13-5-3-4-12(9-13)23(24)25/h3-9,17H,10,19H2,1-2H3,(H,20,21,22)/t17-/m1/s1. The minimum atomic E-state index is -0.581. The summed E-state index contributed by atoms with van der Waals surface area (Å²) >= 11 is 0. The first kappa shape index (κ1) is 19.1. The van der Waals surface area contributed by atoms with Crippen LogP contribution in [0.4, 0.5) is 5.69 Å². The van der Waals surface area contributed by atoms with Crippen molar-refractivity contribution in [1.29, 1.82) is 0 Å². The first-order valence-corrected chi connectivity index (χ1v) is 8.27. The van der Waals surface area contributed by atoms with E-state index in [1.54, 1.807) is 38.5 Å². The Labute approximate surface area is 160 Å². The van der Waals surface area contributed by atoms with Gasteiger partial charge in [0, 0.05) is 6.07 Å². The lowest BCUT2D eigenvalue weighted by molar-refractivity contribution is -0.384. The number of nitro benzene ring substituents is 1. The Hall–Kier alpha value is -3.66. The lowest BCUT2D eigenvalue weighted by atomic mass is 10.1. The molecule has 0 saturated heterocycles. The summed E-state index contributed by atoms with van der Waals surface area (Å²) in [6, 6.07) is 10.6. The minimum absolute atomic E-state index is 0.0498. The summed E-state index contributed by atoms with van der Waals surface area (Å²) in [7, 11) is 3.10. The van der Waals surface area contributed by atoms with Gasteiger partial charge in [-0.2, -0.15) is 5.10 Å². The van der Waals surface area contributed by atoms with Crippen LogP contribution in [0, 0.1) is 10.1 Å². The zero-order valence-electron chi connectivity index (χ0n) is 15.3. The van der Waals surface area contributed by atoms with E-state index in [0.29, 0.717) is 28.9 Å². The molecule has 3 N–H and O–H groups in total. The van der Waals surface area contributed by atoms with Crippen molar-refractivity contribution in [3.8, 4) is 17.2 Å². The highest BCUT2D eigenvalue weighted by Crippen LogP contribution is 2.30. The van der Waals surface area contributed by atoms with Crippen molar-refractivity contribution >= 4 is 5.69 Å². The predicted molar refractivity (Wildman–Crippen MR) is 99.4 cm³/mol. The summed E-state index contributed by atoms with van der Waals surface area (Å²) in [4.78, 5) is 14.7. The van der Waals surface area contributed by atoms with Crippen LogP contribution in [0.25, 0.3) is 0 Å². The number of hydrogen-bond donors (Lipinski definition) is 2. The molecule has 0 bridgehead atoms. The topological polar surface area (TPSA) is 138 Å². The minimum Gasteiger partial charge on any atom is -0.493 e. The molecule has 1 aromatic heterocycles. The molecule has 0 aliphatic rings. The largest absolute Gasteiger partial charge is 0.493 e. The molecular formula is C18H19N5O5. The quantitative estimate of drug-likeness (QED) is 0.445. The average Bonchev–Trinajstić information content (AvgIpc) is 3.20. The highest BCUT2D eigenvalue weighted by atomic mass is 16.6. The van der Waals surface area contributed by atoms with Gasteiger partial charge in [0.05, 0.1) is 31.3 Å². The molecule has 0 unspecified atom stereocenters. The van der Waals surface area contributed by atoms with E-state index >= 15 is 0 Å². The Morgan fingerprint density at radius 3 is 2.68 bits per heavy atom. The Kier molecular flexibility index (Phi) is 5.70. The van der Waals surface area contributed by atoms with E-state index in [4.69, 9.17) is 19.9 Å². The summed E-state index contributed by atoms with van der Waals surface area (Å²) < 4.78 is 16.0. The van der Waals surface area contributed by atoms with Gasteiger partial charge in [-0.25, -0.2) is 4.98 Å². The lowest BCUT2D eigenvalue weighted by Crippen LogP contribution is -2.14. The van der Waals surface area contributed by atoms with Gasteiger partial charge in [0.1, 0.15) is 12.4 Å². The molecule has 0 aliphatic heterocycles. The van der Waals surface area contributed by atoms with Gasteiger partial charge >= 0.3 is 0 Å². The molecule has 0 amide bonds. The van der Waals surface area contributed by atoms with Crippen molar-refractivity contribution in [3.63, 3.8) is 0 Å². The van der Waals surface area contributed by atoms with Crippen LogP contribution in [0.3, 0.4) is 0 Å². The number of nitrogens with zero attached hydrogens (tertiary/aromatic N) is 3. The van der Waals surface area contributed by atoms with Crippen LogP contribution in [0.15, 0.2) is 42.5 Å². The van der Waals surface area contributed by atoms with Gasteiger partial charge in [-0.3, -0.25) is 15.2 Å². The zero-order valence-corrected chi connectivity index (χ0v) is 15.3. The molecule has 1 heterocycles. The maximum Gasteiger partial charge on any atom is 0.273 e. The molecule has 1 atom stereocenters. The molecule has 3 rings (SSSR count). The second-order valence-electron chi connectivity index (χ2n) is 5.78. The molecule has 2 aromatic carbocycles. The van der Waals surface area contributed by atoms with Crippen LogP contribution in [0.2, 0.25) is 0 Å². The number of benzene rings is 2. The van der Waals surface area contributed by atoms with Gasteiger partial charge < -0.3 is 19.9 Å². The number of aromatic nitrogens is 3. The number of ether oxygens (including phenoxy) is 3. The zero-order chi connectivity index (χ0) is 20.1. The Balaban J connectivity index is 1.70. The maximum atomic E-state index is 10.8. The third kappa shape index (κ3) is 4.18. The molecule has 0 fully saturated rings. The maximum absolute atomic E-state index is 10.8. The van der Waals surface area contributed by atoms with Crippen LogP contribution in [-0.2, 0) is 6.61 Å². The van der Waals surface area contributed by atoms with Crippen LogP contribution in [0.1, 0.15) is 23.3 Å². The second-order valence-corrected chi connectivity index (χ2v) is 5.78. The summed E-state index contributed by atoms with van der Waals surface area (Å²) in [5, 5.41) is 17.7. The third-order valence-electron chi connectivity index (χ3n) is 4.00. The monoisotopic (exact) mass is 385 g/mol. The van der Waals surface area contributed by atoms with Gasteiger partial charge in [0.15, 0.2) is 23.1 Å². The molecular weight excluding hydrogens is 366 g/mol. The van der Waals surface area contributed by atoms with Crippen molar-refractivity contribution in [3.05, 3.63) is 69.8 Å². The Bertz CT molecular complexity index is 975. The summed E-state index contributed by atoms with van der Waals surface area (Å²) in [6.45, 7) is 0.0623. The first-order valence-electron chi connectivity index (χ1n) is 8.27. The van der Waals surface area contributed by atoms with Crippen molar-refractivity contribution in [1.82, 2.24) is 15.2 Å². The number of nitrogens with one attached hydrogen (secondary N) is 1. The van der Waals surface area contributed by atoms with E-state index in [-0.39, 0.29) is 12.3 Å². The van der Waals surface area contributed by atoms with Crippen molar-refractivity contribution in [2.75, 3.05) is 14.2 Å². The van der Waals surface area contributed by atoms with Crippen LogP contribution >= 0.6 is 0 Å². The molecule has 0 radical (unpaired) electrons. The Morgan fingerprint density at radius 1 is 1.18 bits per heavy atom. The number of hydrogen-bond acceptors (Lipinski definition) is 8. The smallest absolute Gasteiger partial charge is 0.273 e. The fourth-order valence-electron chi connectivity index (χ4n) is 2.55. The second kappa shape index (κ2) is 8.35. The lowest BCUT2D eigenvalue weighted by Gasteiger charge is -2.12.